The molecule has 0 aliphatic carbocycles. The van der Waals surface area contributed by atoms with Crippen LogP contribution in [0.3, 0.4) is 0 Å². The standard InChI is InChI=1S/C23H25N3O4S2/c1-16(2)15-24-23(28)19-7-4-5-8-20(19)25-22(27)17-10-12-18(13-11-17)26(3)32(29,30)21-9-6-14-31-21/h4-14,16H,15H2,1-3H3,(H,24,28)(H,25,27). The summed E-state index contributed by atoms with van der Waals surface area (Å²) in [6, 6.07) is 16.3. The molecule has 7 nitrogen and oxygen atoms in total. The van der Waals surface area contributed by atoms with Crippen molar-refractivity contribution in [2.24, 2.45) is 5.92 Å². The molecule has 3 aromatic rings. The minimum atomic E-state index is -3.65. The van der Waals surface area contributed by atoms with E-state index < -0.39 is 15.9 Å². The molecule has 0 spiro atoms. The molecule has 1 aromatic heterocycles. The van der Waals surface area contributed by atoms with E-state index in [-0.39, 0.29) is 10.1 Å². The minimum absolute atomic E-state index is 0.245. The number of benzene rings is 2. The Hall–Kier alpha value is -3.17. The van der Waals surface area contributed by atoms with E-state index in [1.165, 1.54) is 11.4 Å². The summed E-state index contributed by atoms with van der Waals surface area (Å²) >= 11 is 1.14. The molecule has 0 radical (unpaired) electrons. The van der Waals surface area contributed by atoms with Crippen LogP contribution >= 0.6 is 11.3 Å². The fourth-order valence-electron chi connectivity index (χ4n) is 2.88. The molecule has 2 N–H and O–H groups in total. The maximum atomic E-state index is 12.7. The number of hydrogen-bond acceptors (Lipinski definition) is 5. The summed E-state index contributed by atoms with van der Waals surface area (Å²) in [6.07, 6.45) is 0. The lowest BCUT2D eigenvalue weighted by Gasteiger charge is -2.18. The van der Waals surface area contributed by atoms with Crippen molar-refractivity contribution in [1.82, 2.24) is 5.32 Å². The second-order valence-corrected chi connectivity index (χ2v) is 10.7. The van der Waals surface area contributed by atoms with Gasteiger partial charge in [0, 0.05) is 19.2 Å². The maximum absolute atomic E-state index is 12.7. The molecule has 168 valence electrons. The van der Waals surface area contributed by atoms with Gasteiger partial charge in [0.25, 0.3) is 21.8 Å². The number of amides is 2. The Morgan fingerprint density at radius 2 is 1.66 bits per heavy atom. The first-order valence-corrected chi connectivity index (χ1v) is 12.3. The number of hydrogen-bond donors (Lipinski definition) is 2. The molecule has 9 heteroatoms. The number of sulfonamides is 1. The van der Waals surface area contributed by atoms with Gasteiger partial charge in [-0.05, 0) is 53.8 Å². The van der Waals surface area contributed by atoms with Crippen molar-refractivity contribution in [2.75, 3.05) is 23.2 Å². The lowest BCUT2D eigenvalue weighted by atomic mass is 10.1. The van der Waals surface area contributed by atoms with Gasteiger partial charge in [-0.1, -0.05) is 32.0 Å². The Morgan fingerprint density at radius 1 is 0.969 bits per heavy atom. The van der Waals surface area contributed by atoms with Gasteiger partial charge in [-0.3, -0.25) is 13.9 Å². The van der Waals surface area contributed by atoms with Gasteiger partial charge in [-0.25, -0.2) is 8.42 Å². The zero-order chi connectivity index (χ0) is 23.3. The Labute approximate surface area is 192 Å². The predicted octanol–water partition coefficient (Wildman–Crippen LogP) is 4.21. The largest absolute Gasteiger partial charge is 0.352 e. The van der Waals surface area contributed by atoms with Gasteiger partial charge in [0.1, 0.15) is 4.21 Å². The average molecular weight is 472 g/mol. The summed E-state index contributed by atoms with van der Waals surface area (Å²) in [7, 11) is -2.18. The lowest BCUT2D eigenvalue weighted by molar-refractivity contribution is 0.0950. The molecule has 3 rings (SSSR count). The molecular weight excluding hydrogens is 446 g/mol. The number of carbonyl (C=O) groups excluding carboxylic acids is 2. The molecule has 0 aliphatic rings. The van der Waals surface area contributed by atoms with Crippen LogP contribution in [0.5, 0.6) is 0 Å². The van der Waals surface area contributed by atoms with Crippen LogP contribution in [-0.2, 0) is 10.0 Å². The van der Waals surface area contributed by atoms with Gasteiger partial charge in [-0.15, -0.1) is 11.3 Å². The van der Waals surface area contributed by atoms with Crippen molar-refractivity contribution in [1.29, 1.82) is 0 Å². The average Bonchev–Trinajstić information content (AvgIpc) is 3.33. The number of carbonyl (C=O) groups is 2. The number of para-hydroxylation sites is 1. The second-order valence-electron chi connectivity index (χ2n) is 7.56. The first kappa shape index (κ1) is 23.5. The van der Waals surface area contributed by atoms with Crippen molar-refractivity contribution in [3.05, 3.63) is 77.2 Å². The Balaban J connectivity index is 1.74. The first-order chi connectivity index (χ1) is 15.2. The molecule has 0 bridgehead atoms. The van der Waals surface area contributed by atoms with E-state index in [4.69, 9.17) is 0 Å². The molecule has 32 heavy (non-hydrogen) atoms. The summed E-state index contributed by atoms with van der Waals surface area (Å²) in [5.74, 6) is -0.351. The van der Waals surface area contributed by atoms with Crippen molar-refractivity contribution in [2.45, 2.75) is 18.1 Å². The zero-order valence-electron chi connectivity index (χ0n) is 18.0. The first-order valence-electron chi connectivity index (χ1n) is 10.0. The van der Waals surface area contributed by atoms with Crippen LogP contribution in [-0.4, -0.2) is 33.8 Å². The highest BCUT2D eigenvalue weighted by molar-refractivity contribution is 7.94. The molecule has 0 unspecified atom stereocenters. The molecule has 0 aliphatic heterocycles. The number of thiophene rings is 1. The molecule has 0 saturated carbocycles. The van der Waals surface area contributed by atoms with Crippen LogP contribution in [0.4, 0.5) is 11.4 Å². The van der Waals surface area contributed by atoms with Gasteiger partial charge in [-0.2, -0.15) is 0 Å². The maximum Gasteiger partial charge on any atom is 0.273 e. The summed E-state index contributed by atoms with van der Waals surface area (Å²) in [4.78, 5) is 25.2. The van der Waals surface area contributed by atoms with E-state index in [1.807, 2.05) is 13.8 Å². The monoisotopic (exact) mass is 471 g/mol. The number of rotatable bonds is 8. The van der Waals surface area contributed by atoms with Gasteiger partial charge in [0.05, 0.1) is 16.9 Å². The number of nitrogens with one attached hydrogen (secondary N) is 2. The molecule has 0 atom stereocenters. The third kappa shape index (κ3) is 5.35. The predicted molar refractivity (Wildman–Crippen MR) is 128 cm³/mol. The molecule has 2 aromatic carbocycles. The molecule has 0 fully saturated rings. The van der Waals surface area contributed by atoms with Crippen LogP contribution in [0.15, 0.2) is 70.3 Å². The van der Waals surface area contributed by atoms with Crippen LogP contribution in [0.2, 0.25) is 0 Å². The summed E-state index contributed by atoms with van der Waals surface area (Å²) in [5, 5.41) is 7.32. The highest BCUT2D eigenvalue weighted by Crippen LogP contribution is 2.25. The van der Waals surface area contributed by atoms with Crippen molar-refractivity contribution in [3.63, 3.8) is 0 Å². The summed E-state index contributed by atoms with van der Waals surface area (Å²) < 4.78 is 26.8. The van der Waals surface area contributed by atoms with Crippen LogP contribution in [0.1, 0.15) is 34.6 Å². The van der Waals surface area contributed by atoms with E-state index in [0.29, 0.717) is 35.0 Å². The normalized spacial score (nSPS) is 11.2. The minimum Gasteiger partial charge on any atom is -0.352 e. The highest BCUT2D eigenvalue weighted by atomic mass is 32.2. The fraction of sp³-hybridized carbons (Fsp3) is 0.217. The van der Waals surface area contributed by atoms with Crippen molar-refractivity contribution < 1.29 is 18.0 Å². The third-order valence-electron chi connectivity index (χ3n) is 4.69. The summed E-state index contributed by atoms with van der Waals surface area (Å²) in [6.45, 7) is 4.53. The van der Waals surface area contributed by atoms with E-state index in [0.717, 1.165) is 11.3 Å². The quantitative estimate of drug-likeness (QED) is 0.514. The van der Waals surface area contributed by atoms with Gasteiger partial charge in [0.2, 0.25) is 0 Å². The Bertz CT molecular complexity index is 1190. The Kier molecular flexibility index (Phi) is 7.32. The molecule has 0 saturated heterocycles. The SMILES string of the molecule is CC(C)CNC(=O)c1ccccc1NC(=O)c1ccc(N(C)S(=O)(=O)c2cccs2)cc1. The number of nitrogens with zero attached hydrogens (tertiary/aromatic N) is 1. The smallest absolute Gasteiger partial charge is 0.273 e. The topological polar surface area (TPSA) is 95.6 Å². The van der Waals surface area contributed by atoms with E-state index in [2.05, 4.69) is 10.6 Å². The number of anilines is 2. The summed E-state index contributed by atoms with van der Waals surface area (Å²) in [5.41, 5.74) is 1.55. The van der Waals surface area contributed by atoms with Crippen LogP contribution < -0.4 is 14.9 Å². The zero-order valence-corrected chi connectivity index (χ0v) is 19.7. The van der Waals surface area contributed by atoms with E-state index >= 15 is 0 Å². The van der Waals surface area contributed by atoms with Crippen molar-refractivity contribution >= 4 is 44.5 Å². The molecule has 2 amide bonds. The highest BCUT2D eigenvalue weighted by Gasteiger charge is 2.22. The van der Waals surface area contributed by atoms with Crippen LogP contribution in [0.25, 0.3) is 0 Å². The molecule has 1 heterocycles. The van der Waals surface area contributed by atoms with Gasteiger partial charge >= 0.3 is 0 Å². The molecular formula is C23H25N3O4S2. The lowest BCUT2D eigenvalue weighted by Crippen LogP contribution is -2.28. The third-order valence-corrected chi connectivity index (χ3v) is 7.85. The van der Waals surface area contributed by atoms with E-state index in [9.17, 15) is 18.0 Å². The fourth-order valence-corrected chi connectivity index (χ4v) is 5.24. The van der Waals surface area contributed by atoms with Crippen LogP contribution in [0, 0.1) is 5.92 Å². The van der Waals surface area contributed by atoms with Gasteiger partial charge < -0.3 is 10.6 Å². The van der Waals surface area contributed by atoms with Crippen molar-refractivity contribution in [3.8, 4) is 0 Å². The van der Waals surface area contributed by atoms with Gasteiger partial charge in [0.15, 0.2) is 0 Å². The van der Waals surface area contributed by atoms with E-state index in [1.54, 1.807) is 66.0 Å². The Morgan fingerprint density at radius 3 is 2.28 bits per heavy atom. The second kappa shape index (κ2) is 9.97.